The molecule has 1 aromatic rings. The topological polar surface area (TPSA) is 81.0 Å². The highest BCUT2D eigenvalue weighted by molar-refractivity contribution is 5.88. The van der Waals surface area contributed by atoms with Crippen LogP contribution in [0.5, 0.6) is 11.5 Å². The highest BCUT2D eigenvalue weighted by Gasteiger charge is 2.15. The SMILES string of the molecule is CC(C)=CCCC(C)=CC(=O)N(C)C[C@H](O)c1ccc(O)c(O)c1. The Morgan fingerprint density at radius 3 is 2.46 bits per heavy atom. The van der Waals surface area contributed by atoms with E-state index < -0.39 is 6.10 Å². The van der Waals surface area contributed by atoms with Crippen LogP contribution >= 0.6 is 0 Å². The molecule has 0 saturated carbocycles. The third kappa shape index (κ3) is 6.46. The van der Waals surface area contributed by atoms with Crippen LogP contribution in [0.25, 0.3) is 0 Å². The number of phenols is 2. The maximum absolute atomic E-state index is 12.2. The fourth-order valence-electron chi connectivity index (χ4n) is 2.18. The lowest BCUT2D eigenvalue weighted by Crippen LogP contribution is -2.29. The van der Waals surface area contributed by atoms with E-state index in [2.05, 4.69) is 6.08 Å². The average Bonchev–Trinajstić information content (AvgIpc) is 2.49. The van der Waals surface area contributed by atoms with Crippen LogP contribution in [-0.4, -0.2) is 39.7 Å². The van der Waals surface area contributed by atoms with E-state index in [9.17, 15) is 20.1 Å². The molecular weight excluding hydrogens is 306 g/mol. The molecule has 0 aliphatic rings. The molecule has 132 valence electrons. The number of amides is 1. The third-order valence-electron chi connectivity index (χ3n) is 3.67. The number of aromatic hydroxyl groups is 2. The minimum atomic E-state index is -0.940. The molecule has 1 amide bonds. The minimum absolute atomic E-state index is 0.0980. The first-order valence-electron chi connectivity index (χ1n) is 7.96. The monoisotopic (exact) mass is 333 g/mol. The smallest absolute Gasteiger partial charge is 0.246 e. The summed E-state index contributed by atoms with van der Waals surface area (Å²) in [4.78, 5) is 13.6. The van der Waals surface area contributed by atoms with Crippen molar-refractivity contribution in [3.05, 3.63) is 47.1 Å². The maximum Gasteiger partial charge on any atom is 0.246 e. The predicted octanol–water partition coefficient (Wildman–Crippen LogP) is 3.28. The largest absolute Gasteiger partial charge is 0.504 e. The summed E-state index contributed by atoms with van der Waals surface area (Å²) < 4.78 is 0. The number of phenolic OH excluding ortho intramolecular Hbond substituents is 2. The molecule has 0 spiro atoms. The standard InChI is InChI=1S/C19H27NO4/c1-13(2)6-5-7-14(3)10-19(24)20(4)12-18(23)15-8-9-16(21)17(22)11-15/h6,8-11,18,21-23H,5,7,12H2,1-4H3/t18-/m0/s1. The van der Waals surface area contributed by atoms with Gasteiger partial charge in [-0.25, -0.2) is 0 Å². The lowest BCUT2D eigenvalue weighted by atomic mass is 10.1. The minimum Gasteiger partial charge on any atom is -0.504 e. The summed E-state index contributed by atoms with van der Waals surface area (Å²) >= 11 is 0. The van der Waals surface area contributed by atoms with E-state index in [1.165, 1.54) is 28.7 Å². The number of benzene rings is 1. The van der Waals surface area contributed by atoms with Crippen molar-refractivity contribution < 1.29 is 20.1 Å². The fraction of sp³-hybridized carbons (Fsp3) is 0.421. The van der Waals surface area contributed by atoms with Gasteiger partial charge in [0.2, 0.25) is 5.91 Å². The second kappa shape index (κ2) is 9.13. The zero-order valence-corrected chi connectivity index (χ0v) is 14.8. The number of allylic oxidation sites excluding steroid dienone is 3. The first-order valence-corrected chi connectivity index (χ1v) is 7.96. The van der Waals surface area contributed by atoms with Gasteiger partial charge in [0.05, 0.1) is 12.6 Å². The quantitative estimate of drug-likeness (QED) is 0.406. The van der Waals surface area contributed by atoms with E-state index in [4.69, 9.17) is 0 Å². The molecule has 0 saturated heterocycles. The number of hydrogen-bond acceptors (Lipinski definition) is 4. The van der Waals surface area contributed by atoms with Crippen molar-refractivity contribution in [3.8, 4) is 11.5 Å². The van der Waals surface area contributed by atoms with Gasteiger partial charge >= 0.3 is 0 Å². The molecule has 3 N–H and O–H groups in total. The molecule has 5 heteroatoms. The van der Waals surface area contributed by atoms with Crippen LogP contribution < -0.4 is 0 Å². The number of likely N-dealkylation sites (N-methyl/N-ethyl adjacent to an activating group) is 1. The number of aliphatic hydroxyl groups excluding tert-OH is 1. The summed E-state index contributed by atoms with van der Waals surface area (Å²) in [6.45, 7) is 6.10. The van der Waals surface area contributed by atoms with E-state index in [0.717, 1.165) is 18.4 Å². The highest BCUT2D eigenvalue weighted by atomic mass is 16.3. The summed E-state index contributed by atoms with van der Waals surface area (Å²) in [7, 11) is 1.62. The van der Waals surface area contributed by atoms with Gasteiger partial charge in [-0.3, -0.25) is 4.79 Å². The Hall–Kier alpha value is -2.27. The van der Waals surface area contributed by atoms with Crippen molar-refractivity contribution >= 4 is 5.91 Å². The van der Waals surface area contributed by atoms with Crippen LogP contribution in [0.2, 0.25) is 0 Å². The molecule has 1 aromatic carbocycles. The van der Waals surface area contributed by atoms with Gasteiger partial charge in [-0.1, -0.05) is 23.3 Å². The number of nitrogens with zero attached hydrogens (tertiary/aromatic N) is 1. The number of rotatable bonds is 7. The molecule has 0 aliphatic heterocycles. The van der Waals surface area contributed by atoms with Crippen molar-refractivity contribution in [2.24, 2.45) is 0 Å². The molecule has 0 radical (unpaired) electrons. The molecule has 0 bridgehead atoms. The first kappa shape index (κ1) is 19.8. The average molecular weight is 333 g/mol. The molecule has 1 atom stereocenters. The molecule has 0 aromatic heterocycles. The summed E-state index contributed by atoms with van der Waals surface area (Å²) in [6, 6.07) is 4.11. The summed E-state index contributed by atoms with van der Waals surface area (Å²) in [5, 5.41) is 28.9. The van der Waals surface area contributed by atoms with E-state index in [-0.39, 0.29) is 24.0 Å². The maximum atomic E-state index is 12.2. The highest BCUT2D eigenvalue weighted by Crippen LogP contribution is 2.28. The lowest BCUT2D eigenvalue weighted by molar-refractivity contribution is -0.126. The van der Waals surface area contributed by atoms with Gasteiger partial charge in [0, 0.05) is 13.1 Å². The van der Waals surface area contributed by atoms with Gasteiger partial charge in [0.1, 0.15) is 0 Å². The van der Waals surface area contributed by atoms with Gasteiger partial charge in [-0.05, 0) is 51.3 Å². The molecule has 0 heterocycles. The van der Waals surface area contributed by atoms with Gasteiger partial charge < -0.3 is 20.2 Å². The molecule has 24 heavy (non-hydrogen) atoms. The number of carbonyl (C=O) groups excluding carboxylic acids is 1. The van der Waals surface area contributed by atoms with E-state index in [1.807, 2.05) is 20.8 Å². The number of carbonyl (C=O) groups is 1. The van der Waals surface area contributed by atoms with Crippen LogP contribution in [0, 0.1) is 0 Å². The van der Waals surface area contributed by atoms with Crippen molar-refractivity contribution in [2.45, 2.75) is 39.7 Å². The van der Waals surface area contributed by atoms with Crippen LogP contribution in [0.15, 0.2) is 41.5 Å². The van der Waals surface area contributed by atoms with Crippen LogP contribution in [0.1, 0.15) is 45.3 Å². The van der Waals surface area contributed by atoms with Crippen LogP contribution in [0.3, 0.4) is 0 Å². The Bertz CT molecular complexity index is 630. The molecule has 0 fully saturated rings. The summed E-state index contributed by atoms with van der Waals surface area (Å²) in [6.07, 6.45) is 4.49. The molecule has 1 rings (SSSR count). The predicted molar refractivity (Wildman–Crippen MR) is 94.8 cm³/mol. The zero-order valence-electron chi connectivity index (χ0n) is 14.8. The van der Waals surface area contributed by atoms with Crippen LogP contribution in [0.4, 0.5) is 0 Å². The van der Waals surface area contributed by atoms with E-state index in [0.29, 0.717) is 5.56 Å². The third-order valence-corrected chi connectivity index (χ3v) is 3.67. The molecular formula is C19H27NO4. The van der Waals surface area contributed by atoms with Crippen molar-refractivity contribution in [3.63, 3.8) is 0 Å². The second-order valence-electron chi connectivity index (χ2n) is 6.29. The fourth-order valence-corrected chi connectivity index (χ4v) is 2.18. The van der Waals surface area contributed by atoms with E-state index >= 15 is 0 Å². The first-order chi connectivity index (χ1) is 11.2. The van der Waals surface area contributed by atoms with Crippen molar-refractivity contribution in [1.29, 1.82) is 0 Å². The Balaban J connectivity index is 2.62. The normalized spacial score (nSPS) is 12.6. The van der Waals surface area contributed by atoms with Gasteiger partial charge in [0.15, 0.2) is 11.5 Å². The number of hydrogen-bond donors (Lipinski definition) is 3. The zero-order chi connectivity index (χ0) is 18.3. The molecule has 5 nitrogen and oxygen atoms in total. The van der Waals surface area contributed by atoms with Crippen molar-refractivity contribution in [1.82, 2.24) is 4.90 Å². The Morgan fingerprint density at radius 2 is 1.88 bits per heavy atom. The second-order valence-corrected chi connectivity index (χ2v) is 6.29. The summed E-state index contributed by atoms with van der Waals surface area (Å²) in [5.74, 6) is -0.715. The Labute approximate surface area is 143 Å². The summed E-state index contributed by atoms with van der Waals surface area (Å²) in [5.41, 5.74) is 2.68. The van der Waals surface area contributed by atoms with E-state index in [1.54, 1.807) is 13.1 Å². The van der Waals surface area contributed by atoms with Gasteiger partial charge in [-0.2, -0.15) is 0 Å². The lowest BCUT2D eigenvalue weighted by Gasteiger charge is -2.20. The van der Waals surface area contributed by atoms with Crippen LogP contribution in [-0.2, 0) is 4.79 Å². The Kier molecular flexibility index (Phi) is 7.52. The van der Waals surface area contributed by atoms with Gasteiger partial charge in [0.25, 0.3) is 0 Å². The molecule has 0 aliphatic carbocycles. The Morgan fingerprint density at radius 1 is 1.21 bits per heavy atom. The molecule has 0 unspecified atom stereocenters. The number of aliphatic hydroxyl groups is 1. The van der Waals surface area contributed by atoms with Crippen molar-refractivity contribution in [2.75, 3.05) is 13.6 Å². The van der Waals surface area contributed by atoms with Gasteiger partial charge in [-0.15, -0.1) is 0 Å².